The Hall–Kier alpha value is -1.67. The Morgan fingerprint density at radius 2 is 2.08 bits per heavy atom. The third-order valence-corrected chi connectivity index (χ3v) is 4.72. The maximum atomic E-state index is 12.4. The van der Waals surface area contributed by atoms with Gasteiger partial charge in [-0.2, -0.15) is 0 Å². The highest BCUT2D eigenvalue weighted by molar-refractivity contribution is 5.84. The first kappa shape index (κ1) is 19.1. The minimum Gasteiger partial charge on any atom is -0.491 e. The first-order valence-corrected chi connectivity index (χ1v) is 9.27. The van der Waals surface area contributed by atoms with Crippen LogP contribution in [0.3, 0.4) is 0 Å². The van der Waals surface area contributed by atoms with E-state index in [0.29, 0.717) is 26.3 Å². The van der Waals surface area contributed by atoms with Crippen LogP contribution >= 0.6 is 0 Å². The summed E-state index contributed by atoms with van der Waals surface area (Å²) >= 11 is 0. The predicted octanol–water partition coefficient (Wildman–Crippen LogP) is 1.07. The minimum absolute atomic E-state index is 0.0210. The Kier molecular flexibility index (Phi) is 6.85. The van der Waals surface area contributed by atoms with E-state index in [0.717, 1.165) is 37.2 Å². The highest BCUT2D eigenvalue weighted by Gasteiger charge is 2.33. The standard InChI is InChI=1S/C19H28N2O5/c1-20-18(19(23)21-12-15(22)13-21)14-5-7-16(8-6-14)24-10-11-26-17-4-2-3-9-25-17/h5-8,15,17-18,20,22H,2-4,9-13H2,1H3/t17?,18-/m0/s1. The van der Waals surface area contributed by atoms with E-state index < -0.39 is 12.1 Å². The second kappa shape index (κ2) is 9.32. The Labute approximate surface area is 154 Å². The van der Waals surface area contributed by atoms with Gasteiger partial charge in [-0.25, -0.2) is 0 Å². The van der Waals surface area contributed by atoms with Crippen molar-refractivity contribution in [3.05, 3.63) is 29.8 Å². The number of aliphatic hydroxyl groups excluding tert-OH is 1. The number of amides is 1. The van der Waals surface area contributed by atoms with Crippen LogP contribution in [0.2, 0.25) is 0 Å². The fourth-order valence-corrected chi connectivity index (χ4v) is 3.19. The molecule has 2 aliphatic rings. The van der Waals surface area contributed by atoms with Crippen molar-refractivity contribution in [1.82, 2.24) is 10.2 Å². The number of nitrogens with zero attached hydrogens (tertiary/aromatic N) is 1. The SMILES string of the molecule is CN[C@H](C(=O)N1CC(O)C1)c1ccc(OCCOC2CCCCO2)cc1. The first-order valence-electron chi connectivity index (χ1n) is 9.27. The molecule has 2 atom stereocenters. The summed E-state index contributed by atoms with van der Waals surface area (Å²) in [4.78, 5) is 14.1. The minimum atomic E-state index is -0.414. The van der Waals surface area contributed by atoms with Crippen LogP contribution < -0.4 is 10.1 Å². The van der Waals surface area contributed by atoms with Gasteiger partial charge in [-0.1, -0.05) is 12.1 Å². The van der Waals surface area contributed by atoms with Crippen LogP contribution in [0.4, 0.5) is 0 Å². The topological polar surface area (TPSA) is 80.3 Å². The molecule has 144 valence electrons. The maximum Gasteiger partial charge on any atom is 0.244 e. The number of nitrogens with one attached hydrogen (secondary N) is 1. The van der Waals surface area contributed by atoms with Crippen molar-refractivity contribution in [2.75, 3.05) is 40.0 Å². The van der Waals surface area contributed by atoms with Gasteiger partial charge in [-0.3, -0.25) is 4.79 Å². The third kappa shape index (κ3) is 4.94. The molecule has 1 aromatic carbocycles. The largest absolute Gasteiger partial charge is 0.491 e. The molecule has 0 aromatic heterocycles. The van der Waals surface area contributed by atoms with Crippen molar-refractivity contribution in [2.45, 2.75) is 37.7 Å². The molecule has 2 aliphatic heterocycles. The lowest BCUT2D eigenvalue weighted by Gasteiger charge is -2.38. The fourth-order valence-electron chi connectivity index (χ4n) is 3.19. The molecular weight excluding hydrogens is 336 g/mol. The monoisotopic (exact) mass is 364 g/mol. The van der Waals surface area contributed by atoms with E-state index in [4.69, 9.17) is 14.2 Å². The second-order valence-corrected chi connectivity index (χ2v) is 6.70. The molecule has 7 nitrogen and oxygen atoms in total. The fraction of sp³-hybridized carbons (Fsp3) is 0.632. The van der Waals surface area contributed by atoms with Crippen molar-refractivity contribution < 1.29 is 24.1 Å². The molecule has 3 rings (SSSR count). The molecule has 2 fully saturated rings. The van der Waals surface area contributed by atoms with Gasteiger partial charge in [0.25, 0.3) is 0 Å². The average Bonchev–Trinajstić information content (AvgIpc) is 2.65. The Morgan fingerprint density at radius 1 is 1.31 bits per heavy atom. The zero-order valence-electron chi connectivity index (χ0n) is 15.2. The zero-order valence-corrected chi connectivity index (χ0v) is 15.2. The quantitative estimate of drug-likeness (QED) is 0.672. The van der Waals surface area contributed by atoms with Crippen LogP contribution in [0.1, 0.15) is 30.9 Å². The van der Waals surface area contributed by atoms with Crippen LogP contribution in [-0.4, -0.2) is 68.3 Å². The smallest absolute Gasteiger partial charge is 0.244 e. The molecule has 1 amide bonds. The molecule has 0 spiro atoms. The van der Waals surface area contributed by atoms with Gasteiger partial charge >= 0.3 is 0 Å². The molecule has 0 radical (unpaired) electrons. The summed E-state index contributed by atoms with van der Waals surface area (Å²) in [6.45, 7) is 2.53. The average molecular weight is 364 g/mol. The lowest BCUT2D eigenvalue weighted by Crippen LogP contribution is -2.56. The zero-order chi connectivity index (χ0) is 18.4. The van der Waals surface area contributed by atoms with Gasteiger partial charge in [0, 0.05) is 19.7 Å². The van der Waals surface area contributed by atoms with E-state index in [1.54, 1.807) is 11.9 Å². The summed E-state index contributed by atoms with van der Waals surface area (Å²) in [5, 5.41) is 12.4. The van der Waals surface area contributed by atoms with Gasteiger partial charge in [-0.05, 0) is 44.0 Å². The number of likely N-dealkylation sites (N-methyl/N-ethyl adjacent to an activating group) is 1. The van der Waals surface area contributed by atoms with Crippen molar-refractivity contribution in [3.63, 3.8) is 0 Å². The van der Waals surface area contributed by atoms with Crippen molar-refractivity contribution in [3.8, 4) is 5.75 Å². The number of carbonyl (C=O) groups is 1. The van der Waals surface area contributed by atoms with E-state index in [-0.39, 0.29) is 12.2 Å². The normalized spacial score (nSPS) is 21.9. The van der Waals surface area contributed by atoms with Crippen LogP contribution in [0.25, 0.3) is 0 Å². The number of hydrogen-bond donors (Lipinski definition) is 2. The first-order chi connectivity index (χ1) is 12.7. The van der Waals surface area contributed by atoms with Crippen LogP contribution in [0, 0.1) is 0 Å². The maximum absolute atomic E-state index is 12.4. The second-order valence-electron chi connectivity index (χ2n) is 6.70. The van der Waals surface area contributed by atoms with Gasteiger partial charge in [0.1, 0.15) is 18.4 Å². The molecule has 7 heteroatoms. The molecule has 26 heavy (non-hydrogen) atoms. The lowest BCUT2D eigenvalue weighted by molar-refractivity contribution is -0.165. The summed E-state index contributed by atoms with van der Waals surface area (Å²) in [6.07, 6.45) is 2.71. The molecule has 1 aromatic rings. The molecule has 2 N–H and O–H groups in total. The number of likely N-dealkylation sites (tertiary alicyclic amines) is 1. The highest BCUT2D eigenvalue weighted by Crippen LogP contribution is 2.22. The summed E-state index contributed by atoms with van der Waals surface area (Å²) in [7, 11) is 1.76. The van der Waals surface area contributed by atoms with Gasteiger partial charge in [0.15, 0.2) is 6.29 Å². The number of aliphatic hydroxyl groups is 1. The number of hydrogen-bond acceptors (Lipinski definition) is 6. The summed E-state index contributed by atoms with van der Waals surface area (Å²) in [5.74, 6) is 0.718. The van der Waals surface area contributed by atoms with E-state index in [1.165, 1.54) is 0 Å². The van der Waals surface area contributed by atoms with Gasteiger partial charge in [0.2, 0.25) is 5.91 Å². The summed E-state index contributed by atoms with van der Waals surface area (Å²) < 4.78 is 16.8. The number of benzene rings is 1. The Morgan fingerprint density at radius 3 is 2.69 bits per heavy atom. The van der Waals surface area contributed by atoms with Crippen molar-refractivity contribution >= 4 is 5.91 Å². The molecule has 1 unspecified atom stereocenters. The highest BCUT2D eigenvalue weighted by atomic mass is 16.7. The number of carbonyl (C=O) groups excluding carboxylic acids is 1. The predicted molar refractivity (Wildman–Crippen MR) is 95.9 cm³/mol. The Bertz CT molecular complexity index is 568. The Balaban J connectivity index is 1.44. The van der Waals surface area contributed by atoms with Crippen LogP contribution in [-0.2, 0) is 14.3 Å². The van der Waals surface area contributed by atoms with Crippen LogP contribution in [0.15, 0.2) is 24.3 Å². The van der Waals surface area contributed by atoms with Crippen molar-refractivity contribution in [2.24, 2.45) is 0 Å². The van der Waals surface area contributed by atoms with E-state index in [2.05, 4.69) is 5.32 Å². The van der Waals surface area contributed by atoms with E-state index >= 15 is 0 Å². The molecule has 2 saturated heterocycles. The molecular formula is C19H28N2O5. The van der Waals surface area contributed by atoms with Gasteiger partial charge in [0.05, 0.1) is 12.7 Å². The molecule has 0 saturated carbocycles. The van der Waals surface area contributed by atoms with E-state index in [1.807, 2.05) is 24.3 Å². The van der Waals surface area contributed by atoms with E-state index in [9.17, 15) is 9.90 Å². The summed E-state index contributed by atoms with van der Waals surface area (Å²) in [6, 6.07) is 7.07. The van der Waals surface area contributed by atoms with Crippen molar-refractivity contribution in [1.29, 1.82) is 0 Å². The molecule has 2 heterocycles. The number of β-amino-alcohol motifs (C(OH)–C–C–N with tert-alkyl or cyclic N) is 1. The third-order valence-electron chi connectivity index (χ3n) is 4.72. The van der Waals surface area contributed by atoms with Gasteiger partial charge < -0.3 is 29.5 Å². The van der Waals surface area contributed by atoms with Gasteiger partial charge in [-0.15, -0.1) is 0 Å². The number of rotatable bonds is 8. The summed E-state index contributed by atoms with van der Waals surface area (Å²) in [5.41, 5.74) is 0.873. The lowest BCUT2D eigenvalue weighted by atomic mass is 10.0. The molecule has 0 aliphatic carbocycles. The number of ether oxygens (including phenoxy) is 3. The molecule has 0 bridgehead atoms. The van der Waals surface area contributed by atoms with Crippen LogP contribution in [0.5, 0.6) is 5.75 Å².